The van der Waals surface area contributed by atoms with E-state index in [2.05, 4.69) is 6.92 Å². The summed E-state index contributed by atoms with van der Waals surface area (Å²) in [6, 6.07) is 0. The van der Waals surface area contributed by atoms with Crippen LogP contribution in [0.2, 0.25) is 0 Å². The lowest BCUT2D eigenvalue weighted by atomic mass is 11.0. The van der Waals surface area contributed by atoms with Gasteiger partial charge in [-0.3, -0.25) is 4.28 Å². The first-order chi connectivity index (χ1) is 3.33. The van der Waals surface area contributed by atoms with Crippen LogP contribution in [0.3, 0.4) is 0 Å². The summed E-state index contributed by atoms with van der Waals surface area (Å²) < 4.78 is 4.78. The van der Waals surface area contributed by atoms with Crippen LogP contribution in [0.15, 0.2) is 0 Å². The van der Waals surface area contributed by atoms with Crippen molar-refractivity contribution in [2.45, 2.75) is 6.92 Å². The highest BCUT2D eigenvalue weighted by atomic mass is 32.3. The second-order valence-corrected chi connectivity index (χ2v) is 5.28. The van der Waals surface area contributed by atoms with Gasteiger partial charge in [0, 0.05) is 11.5 Å². The first-order valence-corrected chi connectivity index (χ1v) is 4.54. The van der Waals surface area contributed by atoms with E-state index in [1.807, 2.05) is 0 Å². The molecule has 0 spiro atoms. The van der Waals surface area contributed by atoms with Crippen LogP contribution in [0.5, 0.6) is 0 Å². The third-order valence-electron chi connectivity index (χ3n) is 1.39. The Morgan fingerprint density at radius 1 is 1.71 bits per heavy atom. The van der Waals surface area contributed by atoms with E-state index in [1.54, 1.807) is 0 Å². The Morgan fingerprint density at radius 2 is 2.29 bits per heavy atom. The highest BCUT2D eigenvalue weighted by molar-refractivity contribution is 8.35. The van der Waals surface area contributed by atoms with Crippen LogP contribution in [0.4, 0.5) is 0 Å². The summed E-state index contributed by atoms with van der Waals surface area (Å²) in [5.74, 6) is 8.63. The number of hydrogen-bond acceptors (Lipinski definition) is 2. The molecular formula is C4H11NOS. The van der Waals surface area contributed by atoms with Gasteiger partial charge in [0.2, 0.25) is 0 Å². The van der Waals surface area contributed by atoms with Crippen LogP contribution in [-0.4, -0.2) is 17.3 Å². The molecule has 1 heterocycles. The van der Waals surface area contributed by atoms with E-state index in [1.165, 1.54) is 11.5 Å². The predicted octanol–water partition coefficient (Wildman–Crippen LogP) is 0.630. The predicted molar refractivity (Wildman–Crippen MR) is 33.1 cm³/mol. The standard InChI is InChI=1S/C4H11NOS/c1-2-7(6-5)3-4-7/h2-5H2,1H3. The van der Waals surface area contributed by atoms with Crippen LogP contribution in [0, 0.1) is 0 Å². The molecule has 1 saturated heterocycles. The first kappa shape index (κ1) is 5.41. The van der Waals surface area contributed by atoms with Crippen molar-refractivity contribution in [1.29, 1.82) is 0 Å². The first-order valence-electron chi connectivity index (χ1n) is 2.48. The molecule has 0 atom stereocenters. The molecule has 1 fully saturated rings. The lowest BCUT2D eigenvalue weighted by Crippen LogP contribution is -1.98. The maximum absolute atomic E-state index is 5.02. The zero-order valence-corrected chi connectivity index (χ0v) is 5.33. The third kappa shape index (κ3) is 0.900. The van der Waals surface area contributed by atoms with Crippen LogP contribution in [0.25, 0.3) is 0 Å². The smallest absolute Gasteiger partial charge is 0.0105 e. The van der Waals surface area contributed by atoms with E-state index in [0.29, 0.717) is 0 Å². The van der Waals surface area contributed by atoms with Gasteiger partial charge in [-0.25, -0.2) is 5.90 Å². The molecule has 0 aromatic rings. The minimum absolute atomic E-state index is 0.630. The molecule has 0 aromatic carbocycles. The van der Waals surface area contributed by atoms with Crippen LogP contribution < -0.4 is 5.90 Å². The average Bonchev–Trinajstić information content (AvgIpc) is 2.46. The molecular weight excluding hydrogens is 110 g/mol. The molecule has 3 heteroatoms. The summed E-state index contributed by atoms with van der Waals surface area (Å²) in [7, 11) is -0.630. The van der Waals surface area contributed by atoms with Crippen molar-refractivity contribution in [1.82, 2.24) is 0 Å². The molecule has 0 bridgehead atoms. The molecule has 1 aliphatic rings. The highest BCUT2D eigenvalue weighted by Gasteiger charge is 2.35. The molecule has 0 aromatic heterocycles. The summed E-state index contributed by atoms with van der Waals surface area (Å²) in [5, 5.41) is 0. The molecule has 0 aliphatic carbocycles. The quantitative estimate of drug-likeness (QED) is 0.429. The second kappa shape index (κ2) is 1.65. The molecule has 0 amide bonds. The zero-order chi connectivity index (χ0) is 5.33. The second-order valence-electron chi connectivity index (χ2n) is 1.76. The molecule has 1 aliphatic heterocycles. The largest absolute Gasteiger partial charge is 0.256 e. The number of rotatable bonds is 2. The Hall–Kier alpha value is 0.270. The Balaban J connectivity index is 2.28. The van der Waals surface area contributed by atoms with Crippen molar-refractivity contribution in [3.8, 4) is 0 Å². The lowest BCUT2D eigenvalue weighted by molar-refractivity contribution is 0.387. The van der Waals surface area contributed by atoms with Gasteiger partial charge >= 0.3 is 0 Å². The zero-order valence-electron chi connectivity index (χ0n) is 4.52. The molecule has 0 unspecified atom stereocenters. The van der Waals surface area contributed by atoms with Crippen molar-refractivity contribution in [2.75, 3.05) is 17.3 Å². The van der Waals surface area contributed by atoms with Gasteiger partial charge in [0.25, 0.3) is 0 Å². The summed E-state index contributed by atoms with van der Waals surface area (Å²) in [6.45, 7) is 2.13. The SMILES string of the molecule is CCS1(ON)CC1. The van der Waals surface area contributed by atoms with Gasteiger partial charge in [-0.15, -0.1) is 10.3 Å². The molecule has 0 saturated carbocycles. The molecule has 44 valence electrons. The Bertz CT molecular complexity index is 66.1. The van der Waals surface area contributed by atoms with Gasteiger partial charge in [0.05, 0.1) is 0 Å². The van der Waals surface area contributed by atoms with Crippen LogP contribution in [-0.2, 0) is 4.28 Å². The number of nitrogens with two attached hydrogens (primary N) is 1. The van der Waals surface area contributed by atoms with Gasteiger partial charge in [-0.2, -0.15) is 0 Å². The van der Waals surface area contributed by atoms with E-state index in [9.17, 15) is 0 Å². The van der Waals surface area contributed by atoms with Crippen molar-refractivity contribution in [2.24, 2.45) is 5.90 Å². The summed E-state index contributed by atoms with van der Waals surface area (Å²) in [6.07, 6.45) is 0. The minimum atomic E-state index is -0.630. The maximum atomic E-state index is 5.02. The fourth-order valence-electron chi connectivity index (χ4n) is 0.546. The molecule has 7 heavy (non-hydrogen) atoms. The Kier molecular flexibility index (Phi) is 1.28. The fourth-order valence-corrected chi connectivity index (χ4v) is 2.20. The Morgan fingerprint density at radius 3 is 2.29 bits per heavy atom. The van der Waals surface area contributed by atoms with E-state index in [4.69, 9.17) is 10.2 Å². The molecule has 2 N–H and O–H groups in total. The van der Waals surface area contributed by atoms with Crippen LogP contribution in [0.1, 0.15) is 6.92 Å². The number of hydrogen-bond donors (Lipinski definition) is 1. The van der Waals surface area contributed by atoms with E-state index in [-0.39, 0.29) is 0 Å². The minimum Gasteiger partial charge on any atom is -0.256 e. The van der Waals surface area contributed by atoms with Gasteiger partial charge in [-0.1, -0.05) is 6.92 Å². The summed E-state index contributed by atoms with van der Waals surface area (Å²) in [5.41, 5.74) is 0. The molecule has 2 nitrogen and oxygen atoms in total. The average molecular weight is 121 g/mol. The molecule has 0 radical (unpaired) electrons. The monoisotopic (exact) mass is 121 g/mol. The van der Waals surface area contributed by atoms with E-state index < -0.39 is 10.3 Å². The topological polar surface area (TPSA) is 35.2 Å². The van der Waals surface area contributed by atoms with Gasteiger partial charge in [-0.05, 0) is 5.75 Å². The van der Waals surface area contributed by atoms with Crippen molar-refractivity contribution in [3.05, 3.63) is 0 Å². The van der Waals surface area contributed by atoms with Gasteiger partial charge in [0.15, 0.2) is 0 Å². The summed E-state index contributed by atoms with van der Waals surface area (Å²) >= 11 is 0. The van der Waals surface area contributed by atoms with E-state index >= 15 is 0 Å². The Labute approximate surface area is 45.5 Å². The van der Waals surface area contributed by atoms with Gasteiger partial charge < -0.3 is 0 Å². The normalized spacial score (nSPS) is 29.4. The van der Waals surface area contributed by atoms with Crippen LogP contribution >= 0.6 is 10.3 Å². The maximum Gasteiger partial charge on any atom is 0.0105 e. The lowest BCUT2D eigenvalue weighted by Gasteiger charge is -2.11. The fraction of sp³-hybridized carbons (Fsp3) is 1.00. The highest BCUT2D eigenvalue weighted by Crippen LogP contribution is 2.60. The van der Waals surface area contributed by atoms with Crippen molar-refractivity contribution < 1.29 is 4.28 Å². The third-order valence-corrected chi connectivity index (χ3v) is 4.17. The van der Waals surface area contributed by atoms with Crippen molar-refractivity contribution in [3.63, 3.8) is 0 Å². The molecule has 1 rings (SSSR count). The van der Waals surface area contributed by atoms with E-state index in [0.717, 1.165) is 5.75 Å². The van der Waals surface area contributed by atoms with Gasteiger partial charge in [0.1, 0.15) is 0 Å². The summed E-state index contributed by atoms with van der Waals surface area (Å²) in [4.78, 5) is 0. The van der Waals surface area contributed by atoms with Crippen molar-refractivity contribution >= 4 is 10.3 Å².